The maximum Gasteiger partial charge on any atom is 0.213 e. The first kappa shape index (κ1) is 17.4. The molecule has 1 saturated heterocycles. The van der Waals surface area contributed by atoms with Crippen LogP contribution in [0.15, 0.2) is 48.9 Å². The minimum Gasteiger partial charge on any atom is -0.472 e. The van der Waals surface area contributed by atoms with E-state index in [0.29, 0.717) is 24.9 Å². The van der Waals surface area contributed by atoms with E-state index in [4.69, 9.17) is 9.47 Å². The Labute approximate surface area is 157 Å². The molecule has 0 amide bonds. The van der Waals surface area contributed by atoms with Gasteiger partial charge in [-0.05, 0) is 30.7 Å². The largest absolute Gasteiger partial charge is 0.472 e. The summed E-state index contributed by atoms with van der Waals surface area (Å²) in [5, 5.41) is 3.36. The summed E-state index contributed by atoms with van der Waals surface area (Å²) < 4.78 is 11.2. The van der Waals surface area contributed by atoms with Crippen molar-refractivity contribution in [2.45, 2.75) is 26.0 Å². The lowest BCUT2D eigenvalue weighted by Gasteiger charge is -2.12. The van der Waals surface area contributed by atoms with E-state index in [1.54, 1.807) is 18.6 Å². The van der Waals surface area contributed by atoms with Crippen molar-refractivity contribution in [3.63, 3.8) is 0 Å². The number of ether oxygens (including phenoxy) is 2. The van der Waals surface area contributed by atoms with Gasteiger partial charge in [-0.3, -0.25) is 4.98 Å². The molecule has 1 N–H and O–H groups in total. The SMILES string of the molecule is Cc1cc(NCc2ccnc(OC3CCOC3)c2)nc(-c2ccncc2)n1. The molecule has 7 nitrogen and oxygen atoms in total. The number of anilines is 1. The number of pyridine rings is 2. The zero-order valence-electron chi connectivity index (χ0n) is 15.1. The molecule has 1 aliphatic heterocycles. The molecule has 1 unspecified atom stereocenters. The molecule has 0 aromatic carbocycles. The van der Waals surface area contributed by atoms with Crippen molar-refractivity contribution < 1.29 is 9.47 Å². The van der Waals surface area contributed by atoms with Gasteiger partial charge in [-0.15, -0.1) is 0 Å². The van der Waals surface area contributed by atoms with Gasteiger partial charge in [-0.25, -0.2) is 15.0 Å². The number of aromatic nitrogens is 4. The number of nitrogens with zero attached hydrogens (tertiary/aromatic N) is 4. The maximum absolute atomic E-state index is 5.87. The van der Waals surface area contributed by atoms with Crippen molar-refractivity contribution >= 4 is 5.82 Å². The lowest BCUT2D eigenvalue weighted by Crippen LogP contribution is -2.16. The predicted molar refractivity (Wildman–Crippen MR) is 101 cm³/mol. The first-order valence-electron chi connectivity index (χ1n) is 8.95. The van der Waals surface area contributed by atoms with Gasteiger partial charge in [-0.2, -0.15) is 0 Å². The Morgan fingerprint density at radius 1 is 1.15 bits per heavy atom. The van der Waals surface area contributed by atoms with E-state index in [0.717, 1.165) is 35.7 Å². The fourth-order valence-corrected chi connectivity index (χ4v) is 2.88. The molecule has 7 heteroatoms. The van der Waals surface area contributed by atoms with Crippen molar-refractivity contribution in [3.8, 4) is 17.3 Å². The number of hydrogen-bond acceptors (Lipinski definition) is 7. The highest BCUT2D eigenvalue weighted by molar-refractivity contribution is 5.56. The van der Waals surface area contributed by atoms with Crippen LogP contribution < -0.4 is 10.1 Å². The second-order valence-corrected chi connectivity index (χ2v) is 6.41. The summed E-state index contributed by atoms with van der Waals surface area (Å²) >= 11 is 0. The standard InChI is InChI=1S/C20H21N5O2/c1-14-10-18(25-20(24-14)16-3-6-21-7-4-16)23-12-15-2-8-22-19(11-15)27-17-5-9-26-13-17/h2-4,6-8,10-11,17H,5,9,12-13H2,1H3,(H,23,24,25). The molecule has 3 aromatic rings. The summed E-state index contributed by atoms with van der Waals surface area (Å²) in [7, 11) is 0. The van der Waals surface area contributed by atoms with E-state index in [-0.39, 0.29) is 6.10 Å². The molecule has 4 rings (SSSR count). The van der Waals surface area contributed by atoms with E-state index in [2.05, 4.69) is 25.3 Å². The predicted octanol–water partition coefficient (Wildman–Crippen LogP) is 3.02. The minimum atomic E-state index is 0.0909. The van der Waals surface area contributed by atoms with Crippen LogP contribution in [0.3, 0.4) is 0 Å². The highest BCUT2D eigenvalue weighted by Gasteiger charge is 2.17. The van der Waals surface area contributed by atoms with Crippen LogP contribution in [0.4, 0.5) is 5.82 Å². The van der Waals surface area contributed by atoms with Crippen LogP contribution in [0, 0.1) is 6.92 Å². The zero-order valence-corrected chi connectivity index (χ0v) is 15.1. The quantitative estimate of drug-likeness (QED) is 0.721. The summed E-state index contributed by atoms with van der Waals surface area (Å²) in [4.78, 5) is 17.4. The Hall–Kier alpha value is -3.06. The Kier molecular flexibility index (Phi) is 5.20. The van der Waals surface area contributed by atoms with Gasteiger partial charge in [-0.1, -0.05) is 0 Å². The van der Waals surface area contributed by atoms with Crippen LogP contribution >= 0.6 is 0 Å². The van der Waals surface area contributed by atoms with Crippen molar-refractivity contribution in [1.82, 2.24) is 19.9 Å². The first-order chi connectivity index (χ1) is 13.3. The molecule has 3 aromatic heterocycles. The lowest BCUT2D eigenvalue weighted by atomic mass is 10.2. The third kappa shape index (κ3) is 4.57. The zero-order chi connectivity index (χ0) is 18.5. The second-order valence-electron chi connectivity index (χ2n) is 6.41. The van der Waals surface area contributed by atoms with Gasteiger partial charge in [0.25, 0.3) is 0 Å². The van der Waals surface area contributed by atoms with Crippen LogP contribution in [0.25, 0.3) is 11.4 Å². The van der Waals surface area contributed by atoms with Crippen molar-refractivity contribution in [3.05, 3.63) is 60.2 Å². The molecule has 138 valence electrons. The van der Waals surface area contributed by atoms with Gasteiger partial charge in [0.1, 0.15) is 11.9 Å². The molecule has 1 aliphatic rings. The van der Waals surface area contributed by atoms with Crippen LogP contribution in [-0.4, -0.2) is 39.3 Å². The average Bonchev–Trinajstić information content (AvgIpc) is 3.20. The fraction of sp³-hybridized carbons (Fsp3) is 0.300. The lowest BCUT2D eigenvalue weighted by molar-refractivity contribution is 0.138. The van der Waals surface area contributed by atoms with Gasteiger partial charge < -0.3 is 14.8 Å². The molecule has 0 spiro atoms. The fourth-order valence-electron chi connectivity index (χ4n) is 2.88. The summed E-state index contributed by atoms with van der Waals surface area (Å²) in [6.07, 6.45) is 6.23. The first-order valence-corrected chi connectivity index (χ1v) is 8.95. The average molecular weight is 363 g/mol. The highest BCUT2D eigenvalue weighted by atomic mass is 16.5. The highest BCUT2D eigenvalue weighted by Crippen LogP contribution is 2.19. The normalized spacial score (nSPS) is 16.3. The number of rotatable bonds is 6. The van der Waals surface area contributed by atoms with E-state index in [1.807, 2.05) is 37.3 Å². The van der Waals surface area contributed by atoms with Gasteiger partial charge in [0.15, 0.2) is 5.82 Å². The summed E-state index contributed by atoms with van der Waals surface area (Å²) in [5.41, 5.74) is 2.91. The van der Waals surface area contributed by atoms with Crippen LogP contribution in [0.2, 0.25) is 0 Å². The molecular weight excluding hydrogens is 342 g/mol. The molecular formula is C20H21N5O2. The van der Waals surface area contributed by atoms with Crippen molar-refractivity contribution in [1.29, 1.82) is 0 Å². The molecule has 0 radical (unpaired) electrons. The van der Waals surface area contributed by atoms with Crippen molar-refractivity contribution in [2.75, 3.05) is 18.5 Å². The van der Waals surface area contributed by atoms with E-state index < -0.39 is 0 Å². The van der Waals surface area contributed by atoms with E-state index in [1.165, 1.54) is 0 Å². The van der Waals surface area contributed by atoms with Gasteiger partial charge in [0.05, 0.1) is 13.2 Å². The van der Waals surface area contributed by atoms with Gasteiger partial charge in [0, 0.05) is 54.9 Å². The van der Waals surface area contributed by atoms with Gasteiger partial charge in [0.2, 0.25) is 5.88 Å². The maximum atomic E-state index is 5.87. The van der Waals surface area contributed by atoms with E-state index in [9.17, 15) is 0 Å². The molecule has 1 atom stereocenters. The Morgan fingerprint density at radius 3 is 2.85 bits per heavy atom. The third-order valence-electron chi connectivity index (χ3n) is 4.24. The van der Waals surface area contributed by atoms with E-state index >= 15 is 0 Å². The Bertz CT molecular complexity index is 898. The Balaban J connectivity index is 1.45. The van der Waals surface area contributed by atoms with Gasteiger partial charge >= 0.3 is 0 Å². The molecule has 1 fully saturated rings. The second kappa shape index (κ2) is 8.09. The van der Waals surface area contributed by atoms with Crippen LogP contribution in [-0.2, 0) is 11.3 Å². The van der Waals surface area contributed by atoms with Crippen LogP contribution in [0.1, 0.15) is 17.7 Å². The number of aryl methyl sites for hydroxylation is 1. The molecule has 0 saturated carbocycles. The third-order valence-corrected chi connectivity index (χ3v) is 4.24. The monoisotopic (exact) mass is 363 g/mol. The topological polar surface area (TPSA) is 82.1 Å². The Morgan fingerprint density at radius 2 is 2.04 bits per heavy atom. The smallest absolute Gasteiger partial charge is 0.213 e. The summed E-state index contributed by atoms with van der Waals surface area (Å²) in [6.45, 7) is 3.95. The minimum absolute atomic E-state index is 0.0909. The molecule has 4 heterocycles. The molecule has 27 heavy (non-hydrogen) atoms. The van der Waals surface area contributed by atoms with Crippen molar-refractivity contribution in [2.24, 2.45) is 0 Å². The molecule has 0 bridgehead atoms. The molecule has 0 aliphatic carbocycles. The summed E-state index contributed by atoms with van der Waals surface area (Å²) in [5.74, 6) is 2.08. The number of nitrogens with one attached hydrogen (secondary N) is 1. The number of hydrogen-bond donors (Lipinski definition) is 1. The van der Waals surface area contributed by atoms with Crippen LogP contribution in [0.5, 0.6) is 5.88 Å². The summed E-state index contributed by atoms with van der Waals surface area (Å²) in [6, 6.07) is 9.64.